The molecule has 0 spiro atoms. The molecule has 0 saturated heterocycles. The van der Waals surface area contributed by atoms with Gasteiger partial charge in [-0.15, -0.1) is 0 Å². The summed E-state index contributed by atoms with van der Waals surface area (Å²) in [5.41, 5.74) is 8.95. The van der Waals surface area contributed by atoms with Crippen LogP contribution in [0.3, 0.4) is 0 Å². The molecule has 0 bridgehead atoms. The van der Waals surface area contributed by atoms with Crippen molar-refractivity contribution in [2.24, 2.45) is 0 Å². The maximum Gasteiger partial charge on any atom is 0.161 e. The number of hydrogen-bond acceptors (Lipinski definition) is 5. The predicted octanol–water partition coefficient (Wildman–Crippen LogP) is 5.43. The van der Waals surface area contributed by atoms with E-state index < -0.39 is 0 Å². The van der Waals surface area contributed by atoms with Crippen molar-refractivity contribution in [2.75, 3.05) is 23.3 Å². The maximum atomic E-state index is 11.4. The molecule has 5 nitrogen and oxygen atoms in total. The highest BCUT2D eigenvalue weighted by atomic mass is 35.5. The first-order valence-corrected chi connectivity index (χ1v) is 11.4. The molecule has 2 aliphatic heterocycles. The van der Waals surface area contributed by atoms with Crippen LogP contribution in [0.2, 0.25) is 5.15 Å². The molecule has 3 aromatic rings. The van der Waals surface area contributed by atoms with Crippen LogP contribution in [0.15, 0.2) is 36.4 Å². The Kier molecular flexibility index (Phi) is 5.24. The van der Waals surface area contributed by atoms with Gasteiger partial charge in [-0.3, -0.25) is 0 Å². The number of hydrogen-bond donors (Lipinski definition) is 1. The van der Waals surface area contributed by atoms with Crippen molar-refractivity contribution in [3.63, 3.8) is 0 Å². The van der Waals surface area contributed by atoms with Gasteiger partial charge in [-0.1, -0.05) is 49.7 Å². The lowest BCUT2D eigenvalue weighted by Gasteiger charge is -2.32. The number of anilines is 2. The lowest BCUT2D eigenvalue weighted by atomic mass is 9.98. The molecule has 2 aliphatic rings. The van der Waals surface area contributed by atoms with E-state index in [9.17, 15) is 4.79 Å². The standard InChI is InChI=1S/C26H25ClN4O/c1-15(2)17-8-7-16(3)23(11-17)31-10-9-21-20(13-31)25(27)30-26(29-21)19-5-4-6-22-24(19)18(14-32)12-28-22/h4-8,11,15,28H,9-10,12-13H2,1-3H3. The molecule has 1 N–H and O–H groups in total. The molecule has 0 unspecified atom stereocenters. The average molecular weight is 445 g/mol. The smallest absolute Gasteiger partial charge is 0.161 e. The Labute approximate surface area is 193 Å². The zero-order valence-corrected chi connectivity index (χ0v) is 19.3. The zero-order valence-electron chi connectivity index (χ0n) is 18.5. The number of benzene rings is 2. The summed E-state index contributed by atoms with van der Waals surface area (Å²) >= 11 is 6.72. The number of aromatic nitrogens is 2. The quantitative estimate of drug-likeness (QED) is 0.431. The van der Waals surface area contributed by atoms with Gasteiger partial charge in [0, 0.05) is 47.6 Å². The summed E-state index contributed by atoms with van der Waals surface area (Å²) in [6, 6.07) is 12.5. The second kappa shape index (κ2) is 8.09. The summed E-state index contributed by atoms with van der Waals surface area (Å²) < 4.78 is 0. The van der Waals surface area contributed by atoms with Crippen molar-refractivity contribution in [2.45, 2.75) is 39.7 Å². The van der Waals surface area contributed by atoms with Crippen LogP contribution in [0.1, 0.15) is 47.7 Å². The number of nitrogens with one attached hydrogen (secondary N) is 1. The Balaban J connectivity index is 1.52. The van der Waals surface area contributed by atoms with Crippen molar-refractivity contribution in [1.82, 2.24) is 9.97 Å². The van der Waals surface area contributed by atoms with Gasteiger partial charge in [-0.25, -0.2) is 14.8 Å². The number of aryl methyl sites for hydroxylation is 1. The summed E-state index contributed by atoms with van der Waals surface area (Å²) in [7, 11) is 0. The Bertz CT molecular complexity index is 1280. The van der Waals surface area contributed by atoms with Crippen LogP contribution in [0.5, 0.6) is 0 Å². The second-order valence-corrected chi connectivity index (χ2v) is 9.16. The third-order valence-electron chi connectivity index (χ3n) is 6.44. The van der Waals surface area contributed by atoms with Crippen molar-refractivity contribution in [3.8, 4) is 11.4 Å². The first-order valence-electron chi connectivity index (χ1n) is 11.0. The lowest BCUT2D eigenvalue weighted by Crippen LogP contribution is -2.32. The van der Waals surface area contributed by atoms with Crippen LogP contribution < -0.4 is 10.2 Å². The third-order valence-corrected chi connectivity index (χ3v) is 6.75. The monoisotopic (exact) mass is 444 g/mol. The fraction of sp³-hybridized carbons (Fsp3) is 0.308. The summed E-state index contributed by atoms with van der Waals surface area (Å²) in [6.07, 6.45) is 0.791. The van der Waals surface area contributed by atoms with Crippen molar-refractivity contribution < 1.29 is 4.79 Å². The second-order valence-electron chi connectivity index (χ2n) is 8.80. The molecule has 0 atom stereocenters. The molecule has 0 saturated carbocycles. The largest absolute Gasteiger partial charge is 0.380 e. The SMILES string of the molecule is Cc1ccc(C(C)C)cc1N1CCc2nc(-c3cccc4c3C(=C=O)CN4)nc(Cl)c2C1. The third kappa shape index (κ3) is 3.48. The number of halogens is 1. The minimum atomic E-state index is 0.471. The highest BCUT2D eigenvalue weighted by Gasteiger charge is 2.26. The van der Waals surface area contributed by atoms with E-state index >= 15 is 0 Å². The van der Waals surface area contributed by atoms with Gasteiger partial charge in [0.2, 0.25) is 0 Å². The van der Waals surface area contributed by atoms with Crippen LogP contribution in [0.4, 0.5) is 11.4 Å². The van der Waals surface area contributed by atoms with E-state index in [0.29, 0.717) is 35.6 Å². The average Bonchev–Trinajstić information content (AvgIpc) is 3.22. The van der Waals surface area contributed by atoms with Gasteiger partial charge in [-0.2, -0.15) is 0 Å². The fourth-order valence-corrected chi connectivity index (χ4v) is 4.85. The van der Waals surface area contributed by atoms with Gasteiger partial charge in [0.15, 0.2) is 5.82 Å². The van der Waals surface area contributed by atoms with Crippen LogP contribution >= 0.6 is 11.6 Å². The molecule has 6 heteroatoms. The highest BCUT2D eigenvalue weighted by molar-refractivity contribution is 6.30. The maximum absolute atomic E-state index is 11.4. The molecular weight excluding hydrogens is 420 g/mol. The van der Waals surface area contributed by atoms with Gasteiger partial charge in [0.1, 0.15) is 11.1 Å². The molecule has 5 rings (SSSR count). The molecular formula is C26H25ClN4O. The van der Waals surface area contributed by atoms with Crippen LogP contribution in [-0.4, -0.2) is 29.0 Å². The van der Waals surface area contributed by atoms with E-state index in [4.69, 9.17) is 16.6 Å². The van der Waals surface area contributed by atoms with Gasteiger partial charge in [-0.05, 0) is 36.1 Å². The van der Waals surface area contributed by atoms with Crippen molar-refractivity contribution in [3.05, 3.63) is 69.5 Å². The summed E-state index contributed by atoms with van der Waals surface area (Å²) in [4.78, 5) is 23.4. The van der Waals surface area contributed by atoms with Gasteiger partial charge >= 0.3 is 0 Å². The molecule has 2 aromatic carbocycles. The summed E-state index contributed by atoms with van der Waals surface area (Å²) in [6.45, 7) is 8.61. The molecule has 1 aromatic heterocycles. The topological polar surface area (TPSA) is 58.1 Å². The lowest BCUT2D eigenvalue weighted by molar-refractivity contribution is 0.569. The summed E-state index contributed by atoms with van der Waals surface area (Å²) in [5, 5.41) is 3.71. The van der Waals surface area contributed by atoms with E-state index in [1.165, 1.54) is 16.8 Å². The minimum Gasteiger partial charge on any atom is -0.380 e. The molecule has 0 aliphatic carbocycles. The first kappa shape index (κ1) is 20.7. The highest BCUT2D eigenvalue weighted by Crippen LogP contribution is 2.38. The van der Waals surface area contributed by atoms with Crippen LogP contribution in [0, 0.1) is 6.92 Å². The predicted molar refractivity (Wildman–Crippen MR) is 130 cm³/mol. The molecule has 162 valence electrons. The Hall–Kier alpha value is -3.14. The van der Waals surface area contributed by atoms with Gasteiger partial charge in [0.05, 0.1) is 17.8 Å². The van der Waals surface area contributed by atoms with Gasteiger partial charge < -0.3 is 10.2 Å². The van der Waals surface area contributed by atoms with Crippen molar-refractivity contribution in [1.29, 1.82) is 0 Å². The van der Waals surface area contributed by atoms with Gasteiger partial charge in [0.25, 0.3) is 0 Å². The van der Waals surface area contributed by atoms with E-state index in [2.05, 4.69) is 60.1 Å². The normalized spacial score (nSPS) is 14.8. The number of nitrogens with zero attached hydrogens (tertiary/aromatic N) is 3. The number of fused-ring (bicyclic) bond motifs is 2. The number of carbonyl (C=O) groups excluding carboxylic acids is 1. The molecule has 0 amide bonds. The van der Waals surface area contributed by atoms with Crippen LogP contribution in [-0.2, 0) is 17.8 Å². The summed E-state index contributed by atoms with van der Waals surface area (Å²) in [5.74, 6) is 3.10. The van der Waals surface area contributed by atoms with Crippen molar-refractivity contribution >= 4 is 34.5 Å². The number of rotatable bonds is 3. The molecule has 32 heavy (non-hydrogen) atoms. The Morgan fingerprint density at radius 3 is 2.81 bits per heavy atom. The van der Waals surface area contributed by atoms with E-state index in [1.807, 2.05) is 18.2 Å². The van der Waals surface area contributed by atoms with E-state index in [-0.39, 0.29) is 0 Å². The molecule has 0 fully saturated rings. The minimum absolute atomic E-state index is 0.471. The Morgan fingerprint density at radius 2 is 2.03 bits per heavy atom. The van der Waals surface area contributed by atoms with E-state index in [1.54, 1.807) is 0 Å². The fourth-order valence-electron chi connectivity index (χ4n) is 4.60. The Morgan fingerprint density at radius 1 is 1.19 bits per heavy atom. The molecule has 3 heterocycles. The first-order chi connectivity index (χ1) is 15.5. The van der Waals surface area contributed by atoms with E-state index in [0.717, 1.165) is 41.0 Å². The molecule has 0 radical (unpaired) electrons. The van der Waals surface area contributed by atoms with Crippen LogP contribution in [0.25, 0.3) is 17.0 Å². The zero-order chi connectivity index (χ0) is 22.4.